The Labute approximate surface area is 78.5 Å². The van der Waals surface area contributed by atoms with Crippen LogP contribution in [0.25, 0.3) is 0 Å². The van der Waals surface area contributed by atoms with Crippen LogP contribution in [-0.4, -0.2) is 6.47 Å². The summed E-state index contributed by atoms with van der Waals surface area (Å²) in [6, 6.07) is 8.08. The van der Waals surface area contributed by atoms with Gasteiger partial charge in [-0.1, -0.05) is 38.1 Å². The van der Waals surface area contributed by atoms with Crippen molar-refractivity contribution < 1.29 is 9.53 Å². The molecule has 1 rings (SSSR count). The lowest BCUT2D eigenvalue weighted by Gasteiger charge is -2.06. The van der Waals surface area contributed by atoms with Gasteiger partial charge in [0.2, 0.25) is 0 Å². The summed E-state index contributed by atoms with van der Waals surface area (Å²) in [5, 5.41) is 0. The van der Waals surface area contributed by atoms with Crippen molar-refractivity contribution in [3.8, 4) is 0 Å². The third-order valence-corrected chi connectivity index (χ3v) is 1.94. The maximum Gasteiger partial charge on any atom is 0.293 e. The van der Waals surface area contributed by atoms with Gasteiger partial charge in [0.1, 0.15) is 6.61 Å². The van der Waals surface area contributed by atoms with Gasteiger partial charge in [-0.2, -0.15) is 0 Å². The van der Waals surface area contributed by atoms with Gasteiger partial charge in [0.15, 0.2) is 0 Å². The van der Waals surface area contributed by atoms with Crippen LogP contribution in [0.3, 0.4) is 0 Å². The van der Waals surface area contributed by atoms with Gasteiger partial charge in [0, 0.05) is 0 Å². The summed E-state index contributed by atoms with van der Waals surface area (Å²) in [7, 11) is 0. The zero-order valence-electron chi connectivity index (χ0n) is 7.99. The molecular formula is C11H14O2. The van der Waals surface area contributed by atoms with Gasteiger partial charge in [-0.15, -0.1) is 0 Å². The molecule has 0 radical (unpaired) electrons. The van der Waals surface area contributed by atoms with Crippen molar-refractivity contribution in [1.29, 1.82) is 0 Å². The van der Waals surface area contributed by atoms with Crippen molar-refractivity contribution in [2.45, 2.75) is 26.4 Å². The van der Waals surface area contributed by atoms with E-state index in [1.165, 1.54) is 5.56 Å². The Kier molecular flexibility index (Phi) is 3.50. The molecule has 0 aliphatic rings. The highest BCUT2D eigenvalue weighted by molar-refractivity contribution is 5.37. The van der Waals surface area contributed by atoms with Gasteiger partial charge < -0.3 is 4.74 Å². The fourth-order valence-electron chi connectivity index (χ4n) is 1.17. The summed E-state index contributed by atoms with van der Waals surface area (Å²) in [5.74, 6) is 0.510. The van der Waals surface area contributed by atoms with Crippen LogP contribution in [0.5, 0.6) is 0 Å². The van der Waals surface area contributed by atoms with Gasteiger partial charge >= 0.3 is 0 Å². The molecule has 1 aromatic carbocycles. The number of hydrogen-bond acceptors (Lipinski definition) is 2. The average Bonchev–Trinajstić information content (AvgIpc) is 2.15. The lowest BCUT2D eigenvalue weighted by Crippen LogP contribution is -1.93. The fraction of sp³-hybridized carbons (Fsp3) is 0.364. The quantitative estimate of drug-likeness (QED) is 0.662. The van der Waals surface area contributed by atoms with Crippen molar-refractivity contribution >= 4 is 6.47 Å². The molecule has 0 atom stereocenters. The smallest absolute Gasteiger partial charge is 0.293 e. The highest BCUT2D eigenvalue weighted by atomic mass is 16.5. The Balaban J connectivity index is 2.73. The minimum absolute atomic E-state index is 0.365. The number of rotatable bonds is 4. The first-order chi connectivity index (χ1) is 6.24. The van der Waals surface area contributed by atoms with E-state index in [2.05, 4.69) is 30.7 Å². The average molecular weight is 178 g/mol. The van der Waals surface area contributed by atoms with E-state index >= 15 is 0 Å². The highest BCUT2D eigenvalue weighted by Crippen LogP contribution is 2.15. The van der Waals surface area contributed by atoms with Crippen LogP contribution in [0.15, 0.2) is 24.3 Å². The van der Waals surface area contributed by atoms with E-state index in [4.69, 9.17) is 0 Å². The molecule has 2 nitrogen and oxygen atoms in total. The third-order valence-electron chi connectivity index (χ3n) is 1.94. The molecule has 0 unspecified atom stereocenters. The second kappa shape index (κ2) is 4.65. The molecule has 0 spiro atoms. The molecule has 2 heteroatoms. The summed E-state index contributed by atoms with van der Waals surface area (Å²) >= 11 is 0. The second-order valence-corrected chi connectivity index (χ2v) is 3.31. The van der Waals surface area contributed by atoms with Crippen molar-refractivity contribution in [2.24, 2.45) is 0 Å². The topological polar surface area (TPSA) is 26.3 Å². The van der Waals surface area contributed by atoms with E-state index in [1.807, 2.05) is 12.1 Å². The van der Waals surface area contributed by atoms with E-state index in [1.54, 1.807) is 0 Å². The molecule has 70 valence electrons. The zero-order valence-corrected chi connectivity index (χ0v) is 7.99. The standard InChI is InChI=1S/C11H14O2/c1-9(2)11-5-3-4-10(6-11)7-13-8-12/h3-6,8-9H,7H2,1-2H3. The Bertz CT molecular complexity index is 279. The van der Waals surface area contributed by atoms with E-state index in [0.717, 1.165) is 5.56 Å². The number of carbonyl (C=O) groups excluding carboxylic acids is 1. The Hall–Kier alpha value is -1.31. The van der Waals surface area contributed by atoms with E-state index in [9.17, 15) is 4.79 Å². The highest BCUT2D eigenvalue weighted by Gasteiger charge is 1.99. The molecular weight excluding hydrogens is 164 g/mol. The lowest BCUT2D eigenvalue weighted by molar-refractivity contribution is -0.129. The Morgan fingerprint density at radius 3 is 2.85 bits per heavy atom. The fourth-order valence-corrected chi connectivity index (χ4v) is 1.17. The summed E-state index contributed by atoms with van der Waals surface area (Å²) in [6.45, 7) is 5.12. The Morgan fingerprint density at radius 1 is 1.46 bits per heavy atom. The van der Waals surface area contributed by atoms with Crippen molar-refractivity contribution in [3.63, 3.8) is 0 Å². The van der Waals surface area contributed by atoms with Crippen LogP contribution in [0, 0.1) is 0 Å². The first kappa shape index (κ1) is 9.78. The van der Waals surface area contributed by atoms with Crippen LogP contribution < -0.4 is 0 Å². The minimum atomic E-state index is 0.365. The van der Waals surface area contributed by atoms with Crippen LogP contribution >= 0.6 is 0 Å². The molecule has 0 fully saturated rings. The normalized spacial score (nSPS) is 10.1. The van der Waals surface area contributed by atoms with Crippen molar-refractivity contribution in [1.82, 2.24) is 0 Å². The van der Waals surface area contributed by atoms with Gasteiger partial charge in [0.25, 0.3) is 6.47 Å². The van der Waals surface area contributed by atoms with Crippen LogP contribution in [0.2, 0.25) is 0 Å². The lowest BCUT2D eigenvalue weighted by atomic mass is 10.0. The van der Waals surface area contributed by atoms with Gasteiger partial charge in [-0.05, 0) is 17.0 Å². The van der Waals surface area contributed by atoms with Gasteiger partial charge in [-0.25, -0.2) is 0 Å². The van der Waals surface area contributed by atoms with E-state index in [-0.39, 0.29) is 0 Å². The molecule has 0 aromatic heterocycles. The monoisotopic (exact) mass is 178 g/mol. The zero-order chi connectivity index (χ0) is 9.68. The summed E-state index contributed by atoms with van der Waals surface area (Å²) in [6.07, 6.45) is 0. The molecule has 0 saturated heterocycles. The van der Waals surface area contributed by atoms with Gasteiger partial charge in [0.05, 0.1) is 0 Å². The summed E-state index contributed by atoms with van der Waals surface area (Å²) in [5.41, 5.74) is 2.31. The SMILES string of the molecule is CC(C)c1cccc(COC=O)c1. The summed E-state index contributed by atoms with van der Waals surface area (Å²) in [4.78, 5) is 9.97. The van der Waals surface area contributed by atoms with Crippen LogP contribution in [0.4, 0.5) is 0 Å². The molecule has 0 N–H and O–H groups in total. The number of carbonyl (C=O) groups is 1. The molecule has 0 aliphatic carbocycles. The number of ether oxygens (including phenoxy) is 1. The molecule has 0 amide bonds. The maximum absolute atomic E-state index is 9.97. The predicted molar refractivity (Wildman–Crippen MR) is 51.4 cm³/mol. The molecule has 13 heavy (non-hydrogen) atoms. The first-order valence-electron chi connectivity index (χ1n) is 4.38. The largest absolute Gasteiger partial charge is 0.463 e. The van der Waals surface area contributed by atoms with Crippen molar-refractivity contribution in [2.75, 3.05) is 0 Å². The minimum Gasteiger partial charge on any atom is -0.463 e. The molecule has 0 saturated carbocycles. The molecule has 0 bridgehead atoms. The molecule has 0 heterocycles. The number of hydrogen-bond donors (Lipinski definition) is 0. The molecule has 0 aliphatic heterocycles. The van der Waals surface area contributed by atoms with Crippen molar-refractivity contribution in [3.05, 3.63) is 35.4 Å². The predicted octanol–water partition coefficient (Wildman–Crippen LogP) is 2.48. The second-order valence-electron chi connectivity index (χ2n) is 3.31. The molecule has 1 aromatic rings. The van der Waals surface area contributed by atoms with E-state index in [0.29, 0.717) is 19.0 Å². The Morgan fingerprint density at radius 2 is 2.23 bits per heavy atom. The maximum atomic E-state index is 9.97. The van der Waals surface area contributed by atoms with Crippen LogP contribution in [0.1, 0.15) is 30.9 Å². The van der Waals surface area contributed by atoms with Crippen LogP contribution in [-0.2, 0) is 16.1 Å². The number of benzene rings is 1. The summed E-state index contributed by atoms with van der Waals surface area (Å²) < 4.78 is 4.67. The van der Waals surface area contributed by atoms with E-state index < -0.39 is 0 Å². The van der Waals surface area contributed by atoms with Gasteiger partial charge in [-0.3, -0.25) is 4.79 Å². The first-order valence-corrected chi connectivity index (χ1v) is 4.38. The third kappa shape index (κ3) is 2.90.